The van der Waals surface area contributed by atoms with E-state index in [0.717, 1.165) is 50.5 Å². The maximum atomic E-state index is 13.8. The van der Waals surface area contributed by atoms with Crippen molar-refractivity contribution >= 4 is 17.3 Å². The monoisotopic (exact) mass is 462 g/mol. The van der Waals surface area contributed by atoms with Crippen LogP contribution >= 0.6 is 0 Å². The summed E-state index contributed by atoms with van der Waals surface area (Å²) < 4.78 is 0. The van der Waals surface area contributed by atoms with Gasteiger partial charge in [-0.3, -0.25) is 14.4 Å². The Kier molecular flexibility index (Phi) is 4.97. The molecule has 0 amide bonds. The summed E-state index contributed by atoms with van der Waals surface area (Å²) in [6.45, 7) is 4.20. The Labute approximate surface area is 202 Å². The van der Waals surface area contributed by atoms with Crippen molar-refractivity contribution in [2.45, 2.75) is 96.3 Å². The first-order valence-corrected chi connectivity index (χ1v) is 13.6. The van der Waals surface area contributed by atoms with Gasteiger partial charge in [0.2, 0.25) is 11.6 Å². The molecule has 0 saturated heterocycles. The van der Waals surface area contributed by atoms with Crippen LogP contribution in [0.5, 0.6) is 5.75 Å². The summed E-state index contributed by atoms with van der Waals surface area (Å²) in [5.74, 6) is 1.56. The van der Waals surface area contributed by atoms with Crippen LogP contribution in [-0.4, -0.2) is 22.5 Å². The molecule has 1 aromatic carbocycles. The van der Waals surface area contributed by atoms with Crippen molar-refractivity contribution in [1.29, 1.82) is 0 Å². The second-order valence-electron chi connectivity index (χ2n) is 13.2. The third-order valence-electron chi connectivity index (χ3n) is 11.1. The van der Waals surface area contributed by atoms with Crippen LogP contribution in [0.4, 0.5) is 0 Å². The minimum Gasteiger partial charge on any atom is -0.508 e. The predicted molar refractivity (Wildman–Crippen MR) is 129 cm³/mol. The molecule has 3 atom stereocenters. The maximum Gasteiger partial charge on any atom is 0.206 e. The summed E-state index contributed by atoms with van der Waals surface area (Å²) in [6, 6.07) is 5.63. The van der Waals surface area contributed by atoms with Crippen LogP contribution in [0.25, 0.3) is 0 Å². The molecule has 0 spiro atoms. The molecule has 6 aliphatic rings. The highest BCUT2D eigenvalue weighted by atomic mass is 16.3. The van der Waals surface area contributed by atoms with Crippen molar-refractivity contribution in [1.82, 2.24) is 0 Å². The average Bonchev–Trinajstić information content (AvgIpc) is 2.78. The Hall–Kier alpha value is -1.97. The SMILES string of the molecule is C[C@@]1(C(=O)C(=O)CC(=O)C23CC4CC(CC(C4)C2)C3)CCC[C@]2(C)c3cc(O)ccc3CC[C@@H]12. The molecular weight excluding hydrogens is 424 g/mol. The highest BCUT2D eigenvalue weighted by Gasteiger charge is 2.58. The predicted octanol–water partition coefficient (Wildman–Crippen LogP) is 5.72. The van der Waals surface area contributed by atoms with E-state index < -0.39 is 11.2 Å². The highest BCUT2D eigenvalue weighted by Crippen LogP contribution is 2.61. The van der Waals surface area contributed by atoms with Crippen LogP contribution in [0.1, 0.15) is 95.6 Å². The molecule has 5 fully saturated rings. The lowest BCUT2D eigenvalue weighted by Gasteiger charge is -2.56. The molecule has 5 saturated carbocycles. The minimum atomic E-state index is -0.741. The highest BCUT2D eigenvalue weighted by molar-refractivity contribution is 6.42. The Morgan fingerprint density at radius 1 is 0.971 bits per heavy atom. The molecule has 4 bridgehead atoms. The zero-order valence-corrected chi connectivity index (χ0v) is 20.7. The van der Waals surface area contributed by atoms with Crippen LogP contribution < -0.4 is 0 Å². The van der Waals surface area contributed by atoms with E-state index in [1.54, 1.807) is 6.07 Å². The Morgan fingerprint density at radius 3 is 2.26 bits per heavy atom. The van der Waals surface area contributed by atoms with E-state index in [-0.39, 0.29) is 40.5 Å². The normalized spacial score (nSPS) is 42.1. The van der Waals surface area contributed by atoms with Crippen molar-refractivity contribution in [3.8, 4) is 5.75 Å². The van der Waals surface area contributed by atoms with Gasteiger partial charge >= 0.3 is 0 Å². The van der Waals surface area contributed by atoms with Crippen LogP contribution in [0.3, 0.4) is 0 Å². The molecule has 6 aliphatic carbocycles. The minimum absolute atomic E-state index is 0.0501. The molecule has 182 valence electrons. The van der Waals surface area contributed by atoms with Crippen molar-refractivity contribution < 1.29 is 19.5 Å². The summed E-state index contributed by atoms with van der Waals surface area (Å²) in [7, 11) is 0. The summed E-state index contributed by atoms with van der Waals surface area (Å²) in [5.41, 5.74) is 1.08. The lowest BCUT2D eigenvalue weighted by Crippen LogP contribution is -2.54. The van der Waals surface area contributed by atoms with E-state index in [1.165, 1.54) is 24.8 Å². The molecular formula is C30H38O4. The molecule has 1 aromatic rings. The molecule has 4 nitrogen and oxygen atoms in total. The van der Waals surface area contributed by atoms with Crippen LogP contribution in [0, 0.1) is 34.5 Å². The standard InChI is InChI=1S/C30H38O4/c1-28-8-3-9-29(2,25(28)7-5-21-4-6-22(31)13-23(21)28)27(34)24(32)14-26(33)30-15-18-10-19(16-30)12-20(11-18)17-30/h4,6,13,18-20,25,31H,3,5,7-12,14-17H2,1-2H3/t18?,19?,20?,25-,28-,29-,30?/m1/s1. The smallest absolute Gasteiger partial charge is 0.206 e. The topological polar surface area (TPSA) is 71.4 Å². The number of hydrogen-bond acceptors (Lipinski definition) is 4. The lowest BCUT2D eigenvalue weighted by molar-refractivity contribution is -0.153. The molecule has 4 heteroatoms. The van der Waals surface area contributed by atoms with E-state index in [4.69, 9.17) is 0 Å². The molecule has 0 radical (unpaired) electrons. The molecule has 34 heavy (non-hydrogen) atoms. The summed E-state index contributed by atoms with van der Waals surface area (Å²) in [6.07, 6.45) is 10.7. The zero-order chi connectivity index (χ0) is 23.9. The number of benzene rings is 1. The van der Waals surface area contributed by atoms with Gasteiger partial charge in [-0.25, -0.2) is 0 Å². The number of aromatic hydroxyl groups is 1. The first-order valence-electron chi connectivity index (χ1n) is 13.6. The molecule has 0 aliphatic heterocycles. The van der Waals surface area contributed by atoms with Gasteiger partial charge in [0.1, 0.15) is 11.5 Å². The van der Waals surface area contributed by atoms with Gasteiger partial charge in [0.15, 0.2) is 0 Å². The van der Waals surface area contributed by atoms with Crippen molar-refractivity contribution in [2.75, 3.05) is 0 Å². The van der Waals surface area contributed by atoms with Gasteiger partial charge in [-0.1, -0.05) is 26.3 Å². The lowest BCUT2D eigenvalue weighted by atomic mass is 9.47. The molecule has 0 heterocycles. The molecule has 1 N–H and O–H groups in total. The summed E-state index contributed by atoms with van der Waals surface area (Å²) >= 11 is 0. The molecule has 0 aromatic heterocycles. The maximum absolute atomic E-state index is 13.8. The number of carbonyl (C=O) groups is 3. The van der Waals surface area contributed by atoms with E-state index in [9.17, 15) is 19.5 Å². The fourth-order valence-corrected chi connectivity index (χ4v) is 9.90. The van der Waals surface area contributed by atoms with Gasteiger partial charge in [-0.05, 0) is 117 Å². The van der Waals surface area contributed by atoms with E-state index >= 15 is 0 Å². The van der Waals surface area contributed by atoms with Gasteiger partial charge in [-0.15, -0.1) is 0 Å². The number of phenolic OH excluding ortho intramolecular Hbond substituents is 1. The molecule has 0 unspecified atom stereocenters. The second-order valence-corrected chi connectivity index (χ2v) is 13.2. The number of hydrogen-bond donors (Lipinski definition) is 1. The number of carbonyl (C=O) groups excluding carboxylic acids is 3. The quantitative estimate of drug-likeness (QED) is 0.449. The third kappa shape index (κ3) is 3.19. The third-order valence-corrected chi connectivity index (χ3v) is 11.1. The average molecular weight is 463 g/mol. The largest absolute Gasteiger partial charge is 0.508 e. The van der Waals surface area contributed by atoms with Crippen molar-refractivity contribution in [2.24, 2.45) is 34.5 Å². The van der Waals surface area contributed by atoms with Gasteiger partial charge in [-0.2, -0.15) is 0 Å². The zero-order valence-electron chi connectivity index (χ0n) is 20.7. The Bertz CT molecular complexity index is 1030. The first kappa shape index (κ1) is 22.5. The number of phenols is 1. The van der Waals surface area contributed by atoms with Gasteiger partial charge in [0.05, 0.1) is 6.42 Å². The van der Waals surface area contributed by atoms with Gasteiger partial charge < -0.3 is 5.11 Å². The summed E-state index contributed by atoms with van der Waals surface area (Å²) in [5, 5.41) is 10.2. The number of fused-ring (bicyclic) bond motifs is 3. The fourth-order valence-electron chi connectivity index (χ4n) is 9.90. The van der Waals surface area contributed by atoms with Crippen molar-refractivity contribution in [3.63, 3.8) is 0 Å². The second kappa shape index (κ2) is 7.51. The number of rotatable bonds is 5. The Morgan fingerprint density at radius 2 is 1.62 bits per heavy atom. The Balaban J connectivity index is 1.24. The van der Waals surface area contributed by atoms with Gasteiger partial charge in [0.25, 0.3) is 0 Å². The van der Waals surface area contributed by atoms with E-state index in [2.05, 4.69) is 6.92 Å². The van der Waals surface area contributed by atoms with Crippen LogP contribution in [0.2, 0.25) is 0 Å². The van der Waals surface area contributed by atoms with Crippen LogP contribution in [-0.2, 0) is 26.2 Å². The van der Waals surface area contributed by atoms with Crippen LogP contribution in [0.15, 0.2) is 18.2 Å². The number of ketones is 3. The number of Topliss-reactive ketones (excluding diaryl/α,β-unsaturated/α-hetero) is 3. The van der Waals surface area contributed by atoms with E-state index in [0.29, 0.717) is 24.2 Å². The van der Waals surface area contributed by atoms with E-state index in [1.807, 2.05) is 19.1 Å². The summed E-state index contributed by atoms with van der Waals surface area (Å²) in [4.78, 5) is 40.8. The first-order chi connectivity index (χ1) is 16.1. The van der Waals surface area contributed by atoms with Crippen molar-refractivity contribution in [3.05, 3.63) is 29.3 Å². The van der Waals surface area contributed by atoms with Gasteiger partial charge in [0, 0.05) is 10.8 Å². The molecule has 7 rings (SSSR count). The fraction of sp³-hybridized carbons (Fsp3) is 0.700. The number of aryl methyl sites for hydroxylation is 1.